The van der Waals surface area contributed by atoms with E-state index < -0.39 is 17.5 Å². The van der Waals surface area contributed by atoms with Crippen molar-refractivity contribution in [3.8, 4) is 0 Å². The van der Waals surface area contributed by atoms with Gasteiger partial charge in [0, 0.05) is 21.8 Å². The summed E-state index contributed by atoms with van der Waals surface area (Å²) in [6.45, 7) is 10.1. The molecule has 1 aromatic heterocycles. The number of carbonyl (C=O) groups excluding carboxylic acids is 3. The average molecular weight is 460 g/mol. The first-order valence-electron chi connectivity index (χ1n) is 10.7. The smallest absolute Gasteiger partial charge is 0.325 e. The summed E-state index contributed by atoms with van der Waals surface area (Å²) in [6.07, 6.45) is 0. The number of rotatable bonds is 9. The van der Waals surface area contributed by atoms with Crippen molar-refractivity contribution < 1.29 is 19.1 Å². The number of aryl methyl sites for hydroxylation is 1. The molecule has 2 aromatic rings. The Hall–Kier alpha value is -2.87. The maximum atomic E-state index is 13.4. The van der Waals surface area contributed by atoms with Crippen LogP contribution < -0.4 is 5.32 Å². The molecule has 0 fully saturated rings. The first-order chi connectivity index (χ1) is 15.1. The second-order valence-corrected chi connectivity index (χ2v) is 9.84. The Morgan fingerprint density at radius 3 is 2.28 bits per heavy atom. The lowest BCUT2D eigenvalue weighted by Crippen LogP contribution is -2.55. The van der Waals surface area contributed by atoms with E-state index in [9.17, 15) is 14.4 Å². The largest absolute Gasteiger partial charge is 0.465 e. The van der Waals surface area contributed by atoms with E-state index in [1.165, 1.54) is 9.78 Å². The molecule has 0 saturated heterocycles. The Morgan fingerprint density at radius 1 is 1.03 bits per heavy atom. The molecule has 0 atom stereocenters. The number of urea groups is 1. The van der Waals surface area contributed by atoms with Crippen LogP contribution in [0.3, 0.4) is 0 Å². The molecule has 3 amide bonds. The lowest BCUT2D eigenvalue weighted by molar-refractivity contribution is -0.141. The first-order valence-corrected chi connectivity index (χ1v) is 11.5. The van der Waals surface area contributed by atoms with Crippen LogP contribution in [0, 0.1) is 6.92 Å². The van der Waals surface area contributed by atoms with Crippen molar-refractivity contribution in [2.24, 2.45) is 0 Å². The van der Waals surface area contributed by atoms with Gasteiger partial charge in [-0.15, -0.1) is 11.3 Å². The zero-order valence-corrected chi connectivity index (χ0v) is 20.3. The number of nitrogens with one attached hydrogen (secondary N) is 1. The molecule has 0 saturated carbocycles. The maximum absolute atomic E-state index is 13.4. The minimum absolute atomic E-state index is 0.102. The van der Waals surface area contributed by atoms with Gasteiger partial charge < -0.3 is 19.9 Å². The average Bonchev–Trinajstić information content (AvgIpc) is 3.14. The second-order valence-electron chi connectivity index (χ2n) is 8.47. The number of hydrogen-bond donors (Lipinski definition) is 1. The molecule has 1 heterocycles. The fourth-order valence-corrected chi connectivity index (χ4v) is 4.00. The molecule has 0 unspecified atom stereocenters. The molecule has 0 aliphatic heterocycles. The van der Waals surface area contributed by atoms with Gasteiger partial charge in [-0.2, -0.15) is 0 Å². The quantitative estimate of drug-likeness (QED) is 0.576. The molecule has 0 bridgehead atoms. The normalized spacial score (nSPS) is 11.0. The Kier molecular flexibility index (Phi) is 9.26. The van der Waals surface area contributed by atoms with Gasteiger partial charge in [0.05, 0.1) is 13.2 Å². The summed E-state index contributed by atoms with van der Waals surface area (Å²) in [5.41, 5.74) is 0.398. The molecular weight excluding hydrogens is 426 g/mol. The van der Waals surface area contributed by atoms with E-state index in [0.29, 0.717) is 13.1 Å². The number of carbonyl (C=O) groups is 3. The zero-order valence-electron chi connectivity index (χ0n) is 19.5. The molecule has 7 nitrogen and oxygen atoms in total. The highest BCUT2D eigenvalue weighted by atomic mass is 32.1. The molecule has 8 heteroatoms. The van der Waals surface area contributed by atoms with Gasteiger partial charge in [-0.1, -0.05) is 30.3 Å². The van der Waals surface area contributed by atoms with E-state index in [2.05, 4.69) is 5.32 Å². The molecule has 0 radical (unpaired) electrons. The van der Waals surface area contributed by atoms with Crippen LogP contribution in [-0.4, -0.2) is 52.9 Å². The number of thiophene rings is 1. The summed E-state index contributed by atoms with van der Waals surface area (Å²) in [7, 11) is 0. The Bertz CT molecular complexity index is 905. The van der Waals surface area contributed by atoms with E-state index in [1.54, 1.807) is 23.2 Å². The van der Waals surface area contributed by atoms with Gasteiger partial charge in [-0.25, -0.2) is 4.79 Å². The molecule has 2 rings (SSSR count). The van der Waals surface area contributed by atoms with Gasteiger partial charge in [0.25, 0.3) is 0 Å². The summed E-state index contributed by atoms with van der Waals surface area (Å²) >= 11 is 1.65. The second kappa shape index (κ2) is 11.7. The van der Waals surface area contributed by atoms with Crippen molar-refractivity contribution >= 4 is 29.2 Å². The summed E-state index contributed by atoms with van der Waals surface area (Å²) in [5, 5.41) is 2.56. The SMILES string of the molecule is CCOC(=O)CNC(=O)N(CC(=O)N(Cc1ccccc1)Cc1ccc(C)s1)C(C)(C)C. The monoisotopic (exact) mass is 459 g/mol. The lowest BCUT2D eigenvalue weighted by Gasteiger charge is -2.36. The summed E-state index contributed by atoms with van der Waals surface area (Å²) in [5.74, 6) is -0.680. The molecule has 32 heavy (non-hydrogen) atoms. The van der Waals surface area contributed by atoms with Crippen molar-refractivity contribution in [2.75, 3.05) is 19.7 Å². The highest BCUT2D eigenvalue weighted by Crippen LogP contribution is 2.20. The van der Waals surface area contributed by atoms with Crippen LogP contribution in [0.4, 0.5) is 4.79 Å². The van der Waals surface area contributed by atoms with Gasteiger partial charge in [-0.05, 0) is 52.3 Å². The standard InChI is InChI=1S/C24H33N3O4S/c1-6-31-22(29)14-25-23(30)27(24(3,4)5)17-21(28)26(15-19-10-8-7-9-11-19)16-20-13-12-18(2)32-20/h7-13H,6,14-17H2,1-5H3,(H,25,30). The molecule has 174 valence electrons. The molecule has 1 N–H and O–H groups in total. The van der Waals surface area contributed by atoms with Crippen LogP contribution in [0.1, 0.15) is 43.0 Å². The minimum Gasteiger partial charge on any atom is -0.465 e. The summed E-state index contributed by atoms with van der Waals surface area (Å²) in [6, 6.07) is 13.4. The number of esters is 1. The molecule has 0 spiro atoms. The van der Waals surface area contributed by atoms with Crippen LogP contribution in [0.15, 0.2) is 42.5 Å². The maximum Gasteiger partial charge on any atom is 0.325 e. The fraction of sp³-hybridized carbons (Fsp3) is 0.458. The lowest BCUT2D eigenvalue weighted by atomic mass is 10.1. The van der Waals surface area contributed by atoms with Crippen LogP contribution in [-0.2, 0) is 27.4 Å². The van der Waals surface area contributed by atoms with Crippen molar-refractivity contribution in [2.45, 2.75) is 53.2 Å². The molecular formula is C24H33N3O4S. The van der Waals surface area contributed by atoms with Crippen LogP contribution in [0.5, 0.6) is 0 Å². The van der Waals surface area contributed by atoms with E-state index in [-0.39, 0.29) is 25.6 Å². The first kappa shape index (κ1) is 25.4. The van der Waals surface area contributed by atoms with E-state index in [0.717, 1.165) is 10.4 Å². The van der Waals surface area contributed by atoms with Gasteiger partial charge in [0.15, 0.2) is 0 Å². The number of amides is 3. The van der Waals surface area contributed by atoms with Crippen molar-refractivity contribution in [1.29, 1.82) is 0 Å². The minimum atomic E-state index is -0.619. The Labute approximate surface area is 194 Å². The van der Waals surface area contributed by atoms with E-state index in [1.807, 2.05) is 70.2 Å². The van der Waals surface area contributed by atoms with Crippen LogP contribution in [0.25, 0.3) is 0 Å². The fourth-order valence-electron chi connectivity index (χ4n) is 3.10. The highest BCUT2D eigenvalue weighted by molar-refractivity contribution is 7.11. The van der Waals surface area contributed by atoms with Crippen LogP contribution in [0.2, 0.25) is 0 Å². The number of benzene rings is 1. The van der Waals surface area contributed by atoms with Crippen LogP contribution >= 0.6 is 11.3 Å². The Morgan fingerprint density at radius 2 is 1.72 bits per heavy atom. The number of ether oxygens (including phenoxy) is 1. The number of nitrogens with zero attached hydrogens (tertiary/aromatic N) is 2. The third-order valence-corrected chi connectivity index (χ3v) is 5.73. The third-order valence-electron chi connectivity index (χ3n) is 4.75. The zero-order chi connectivity index (χ0) is 23.7. The predicted octanol–water partition coefficient (Wildman–Crippen LogP) is 3.96. The van der Waals surface area contributed by atoms with Crippen molar-refractivity contribution in [3.63, 3.8) is 0 Å². The number of hydrogen-bond acceptors (Lipinski definition) is 5. The van der Waals surface area contributed by atoms with Crippen molar-refractivity contribution in [3.05, 3.63) is 57.8 Å². The van der Waals surface area contributed by atoms with Gasteiger partial charge >= 0.3 is 12.0 Å². The van der Waals surface area contributed by atoms with Gasteiger partial charge in [0.2, 0.25) is 5.91 Å². The van der Waals surface area contributed by atoms with E-state index in [4.69, 9.17) is 4.74 Å². The van der Waals surface area contributed by atoms with E-state index >= 15 is 0 Å². The van der Waals surface area contributed by atoms with Gasteiger partial charge in [-0.3, -0.25) is 9.59 Å². The summed E-state index contributed by atoms with van der Waals surface area (Å²) in [4.78, 5) is 43.3. The van der Waals surface area contributed by atoms with Crippen molar-refractivity contribution in [1.82, 2.24) is 15.1 Å². The Balaban J connectivity index is 2.16. The molecule has 1 aromatic carbocycles. The third kappa shape index (κ3) is 8.00. The topological polar surface area (TPSA) is 79.0 Å². The highest BCUT2D eigenvalue weighted by Gasteiger charge is 2.30. The van der Waals surface area contributed by atoms with Gasteiger partial charge in [0.1, 0.15) is 13.1 Å². The predicted molar refractivity (Wildman–Crippen MR) is 126 cm³/mol. The summed E-state index contributed by atoms with van der Waals surface area (Å²) < 4.78 is 4.87. The molecule has 0 aliphatic rings. The molecule has 0 aliphatic carbocycles.